The Labute approximate surface area is 161 Å². The molecule has 1 amide bonds. The summed E-state index contributed by atoms with van der Waals surface area (Å²) in [5.74, 6) is 1.72. The van der Waals surface area contributed by atoms with Crippen LogP contribution >= 0.6 is 11.6 Å². The lowest BCUT2D eigenvalue weighted by Gasteiger charge is -2.42. The first-order valence-electron chi connectivity index (χ1n) is 8.90. The summed E-state index contributed by atoms with van der Waals surface area (Å²) in [6, 6.07) is 2.11. The highest BCUT2D eigenvalue weighted by atomic mass is 35.5. The van der Waals surface area contributed by atoms with E-state index >= 15 is 0 Å². The van der Waals surface area contributed by atoms with E-state index in [0.29, 0.717) is 30.3 Å². The molecule has 0 aliphatic carbocycles. The largest absolute Gasteiger partial charge is 0.359 e. The molecule has 0 saturated carbocycles. The SMILES string of the molecule is C[C@@H]1CCN(C(=O)c2cnoc2CCl)C[C@@H]1N(C)c1ncnc2[nH]ccc12. The molecule has 0 radical (unpaired) electrons. The molecule has 4 heterocycles. The number of carbonyl (C=O) groups excluding carboxylic acids is 1. The molecule has 8 nitrogen and oxygen atoms in total. The molecule has 4 rings (SSSR count). The topological polar surface area (TPSA) is 91.2 Å². The number of fused-ring (bicyclic) bond motifs is 1. The average molecular weight is 389 g/mol. The number of rotatable bonds is 4. The van der Waals surface area contributed by atoms with Crippen LogP contribution in [0.3, 0.4) is 0 Å². The van der Waals surface area contributed by atoms with E-state index in [-0.39, 0.29) is 17.8 Å². The van der Waals surface area contributed by atoms with Crippen molar-refractivity contribution in [2.45, 2.75) is 25.3 Å². The van der Waals surface area contributed by atoms with Gasteiger partial charge in [-0.1, -0.05) is 12.1 Å². The number of hydrogen-bond donors (Lipinski definition) is 1. The Morgan fingerprint density at radius 3 is 3.15 bits per heavy atom. The van der Waals surface area contributed by atoms with Crippen LogP contribution in [0.2, 0.25) is 0 Å². The van der Waals surface area contributed by atoms with Crippen LogP contribution in [-0.4, -0.2) is 57.1 Å². The number of aromatic amines is 1. The molecule has 0 spiro atoms. The van der Waals surface area contributed by atoms with E-state index in [1.165, 1.54) is 6.20 Å². The number of alkyl halides is 1. The fourth-order valence-corrected chi connectivity index (χ4v) is 3.93. The number of carbonyl (C=O) groups is 1. The molecule has 0 unspecified atom stereocenters. The van der Waals surface area contributed by atoms with E-state index in [2.05, 4.69) is 31.9 Å². The molecule has 1 saturated heterocycles. The molecule has 2 atom stereocenters. The van der Waals surface area contributed by atoms with Gasteiger partial charge < -0.3 is 19.3 Å². The van der Waals surface area contributed by atoms with Crippen molar-refractivity contribution in [3.8, 4) is 0 Å². The molecular formula is C18H21ClN6O2. The van der Waals surface area contributed by atoms with Crippen LogP contribution in [0, 0.1) is 5.92 Å². The van der Waals surface area contributed by atoms with Gasteiger partial charge in [-0.2, -0.15) is 0 Å². The summed E-state index contributed by atoms with van der Waals surface area (Å²) in [6.45, 7) is 3.50. The Hall–Kier alpha value is -2.61. The van der Waals surface area contributed by atoms with Crippen molar-refractivity contribution >= 4 is 34.4 Å². The van der Waals surface area contributed by atoms with Crippen molar-refractivity contribution in [1.29, 1.82) is 0 Å². The molecule has 1 N–H and O–H groups in total. The number of amides is 1. The van der Waals surface area contributed by atoms with E-state index in [4.69, 9.17) is 16.1 Å². The zero-order valence-corrected chi connectivity index (χ0v) is 16.0. The fraction of sp³-hybridized carbons (Fsp3) is 0.444. The molecule has 27 heavy (non-hydrogen) atoms. The van der Waals surface area contributed by atoms with Gasteiger partial charge in [0.1, 0.15) is 23.4 Å². The van der Waals surface area contributed by atoms with Gasteiger partial charge in [-0.15, -0.1) is 11.6 Å². The second-order valence-corrected chi connectivity index (χ2v) is 7.20. The molecule has 142 valence electrons. The zero-order chi connectivity index (χ0) is 19.0. The van der Waals surface area contributed by atoms with Gasteiger partial charge in [-0.05, 0) is 18.4 Å². The van der Waals surface area contributed by atoms with Gasteiger partial charge >= 0.3 is 0 Å². The predicted molar refractivity (Wildman–Crippen MR) is 102 cm³/mol. The first-order valence-corrected chi connectivity index (χ1v) is 9.43. The quantitative estimate of drug-likeness (QED) is 0.691. The van der Waals surface area contributed by atoms with Crippen molar-refractivity contribution in [3.05, 3.63) is 36.1 Å². The number of likely N-dealkylation sites (N-methyl/N-ethyl adjacent to an activating group) is 1. The molecule has 1 fully saturated rings. The summed E-state index contributed by atoms with van der Waals surface area (Å²) >= 11 is 5.85. The third kappa shape index (κ3) is 3.14. The lowest BCUT2D eigenvalue weighted by molar-refractivity contribution is 0.0668. The number of piperidine rings is 1. The number of nitrogens with one attached hydrogen (secondary N) is 1. The van der Waals surface area contributed by atoms with Crippen LogP contribution in [-0.2, 0) is 5.88 Å². The van der Waals surface area contributed by atoms with Crippen LogP contribution in [0.25, 0.3) is 11.0 Å². The second kappa shape index (κ2) is 7.19. The minimum Gasteiger partial charge on any atom is -0.359 e. The average Bonchev–Trinajstić information content (AvgIpc) is 3.35. The summed E-state index contributed by atoms with van der Waals surface area (Å²) < 4.78 is 5.07. The van der Waals surface area contributed by atoms with Gasteiger partial charge in [-0.25, -0.2) is 9.97 Å². The number of likely N-dealkylation sites (tertiary alicyclic amines) is 1. The number of halogens is 1. The molecule has 3 aromatic heterocycles. The third-order valence-corrected chi connectivity index (χ3v) is 5.61. The first-order chi connectivity index (χ1) is 13.1. The van der Waals surface area contributed by atoms with Crippen LogP contribution in [0.15, 0.2) is 29.3 Å². The van der Waals surface area contributed by atoms with Crippen molar-refractivity contribution in [1.82, 2.24) is 25.0 Å². The summed E-state index contributed by atoms with van der Waals surface area (Å²) in [7, 11) is 2.02. The van der Waals surface area contributed by atoms with E-state index in [0.717, 1.165) is 23.3 Å². The Morgan fingerprint density at radius 2 is 2.33 bits per heavy atom. The second-order valence-electron chi connectivity index (χ2n) is 6.93. The molecule has 0 aromatic carbocycles. The van der Waals surface area contributed by atoms with Crippen LogP contribution in [0.1, 0.15) is 29.5 Å². The molecule has 0 bridgehead atoms. The highest BCUT2D eigenvalue weighted by molar-refractivity contribution is 6.17. The van der Waals surface area contributed by atoms with Gasteiger partial charge in [0.15, 0.2) is 5.76 Å². The normalized spacial score (nSPS) is 20.2. The Balaban J connectivity index is 1.59. The minimum absolute atomic E-state index is 0.0910. The van der Waals surface area contributed by atoms with Crippen molar-refractivity contribution in [3.63, 3.8) is 0 Å². The van der Waals surface area contributed by atoms with Gasteiger partial charge in [-0.3, -0.25) is 4.79 Å². The molecule has 1 aliphatic heterocycles. The standard InChI is InChI=1S/C18H21ClN6O2/c1-11-4-6-25(18(26)13-8-23-27-15(13)7-19)9-14(11)24(2)17-12-3-5-20-16(12)21-10-22-17/h3,5,8,10-11,14H,4,6-7,9H2,1-2H3,(H,20,21,22)/t11-,14+/m1/s1. The molecule has 9 heteroatoms. The third-order valence-electron chi connectivity index (χ3n) is 5.37. The van der Waals surface area contributed by atoms with Crippen LogP contribution < -0.4 is 4.90 Å². The highest BCUT2D eigenvalue weighted by Crippen LogP contribution is 2.29. The number of anilines is 1. The molecular weight excluding hydrogens is 368 g/mol. The summed E-state index contributed by atoms with van der Waals surface area (Å²) in [4.78, 5) is 28.8. The lowest BCUT2D eigenvalue weighted by Crippen LogP contribution is -2.53. The molecule has 3 aromatic rings. The van der Waals surface area contributed by atoms with Crippen LogP contribution in [0.5, 0.6) is 0 Å². The van der Waals surface area contributed by atoms with Gasteiger partial charge in [0.05, 0.1) is 23.5 Å². The minimum atomic E-state index is -0.0910. The fourth-order valence-electron chi connectivity index (χ4n) is 3.74. The van der Waals surface area contributed by atoms with E-state index < -0.39 is 0 Å². The maximum Gasteiger partial charge on any atom is 0.259 e. The zero-order valence-electron chi connectivity index (χ0n) is 15.2. The van der Waals surface area contributed by atoms with Crippen molar-refractivity contribution < 1.29 is 9.32 Å². The molecule has 1 aliphatic rings. The smallest absolute Gasteiger partial charge is 0.259 e. The number of H-pyrrole nitrogens is 1. The van der Waals surface area contributed by atoms with Gasteiger partial charge in [0.25, 0.3) is 5.91 Å². The summed E-state index contributed by atoms with van der Waals surface area (Å²) in [5.41, 5.74) is 1.25. The van der Waals surface area contributed by atoms with Gasteiger partial charge in [0, 0.05) is 26.3 Å². The predicted octanol–water partition coefficient (Wildman–Crippen LogP) is 2.67. The van der Waals surface area contributed by atoms with Crippen molar-refractivity contribution in [2.75, 3.05) is 25.0 Å². The Morgan fingerprint density at radius 1 is 1.48 bits per heavy atom. The van der Waals surface area contributed by atoms with Gasteiger partial charge in [0.2, 0.25) is 0 Å². The van der Waals surface area contributed by atoms with E-state index in [1.54, 1.807) is 6.33 Å². The maximum atomic E-state index is 12.9. The monoisotopic (exact) mass is 388 g/mol. The lowest BCUT2D eigenvalue weighted by atomic mass is 9.92. The summed E-state index contributed by atoms with van der Waals surface area (Å²) in [6.07, 6.45) is 5.77. The Bertz CT molecular complexity index is 954. The van der Waals surface area contributed by atoms with E-state index in [1.807, 2.05) is 24.2 Å². The Kier molecular flexibility index (Phi) is 4.73. The van der Waals surface area contributed by atoms with Crippen LogP contribution in [0.4, 0.5) is 5.82 Å². The number of nitrogens with zero attached hydrogens (tertiary/aromatic N) is 5. The first kappa shape index (κ1) is 17.8. The number of hydrogen-bond acceptors (Lipinski definition) is 6. The van der Waals surface area contributed by atoms with E-state index in [9.17, 15) is 4.79 Å². The highest BCUT2D eigenvalue weighted by Gasteiger charge is 2.34. The number of aromatic nitrogens is 4. The summed E-state index contributed by atoms with van der Waals surface area (Å²) in [5, 5.41) is 4.69. The van der Waals surface area contributed by atoms with Crippen molar-refractivity contribution in [2.24, 2.45) is 5.92 Å². The maximum absolute atomic E-state index is 12.9.